The van der Waals surface area contributed by atoms with E-state index in [9.17, 15) is 54.0 Å². The van der Waals surface area contributed by atoms with Crippen molar-refractivity contribution in [2.45, 2.75) is 61.7 Å². The number of phosphoric acid groups is 2. The summed E-state index contributed by atoms with van der Waals surface area (Å²) < 4.78 is 47.5. The molecule has 0 spiro atoms. The Kier molecular flexibility index (Phi) is 9.26. The molecule has 3 saturated heterocycles. The lowest BCUT2D eigenvalue weighted by Crippen LogP contribution is -2.58. The zero-order valence-electron chi connectivity index (χ0n) is 18.1. The number of urea groups is 1. The minimum atomic E-state index is -5.58. The number of carbonyl (C=O) groups excluding carboxylic acids is 2. The molecule has 21 heteroatoms. The number of ether oxygens (including phenoxy) is 2. The van der Waals surface area contributed by atoms with E-state index in [0.717, 1.165) is 4.90 Å². The van der Waals surface area contributed by atoms with Crippen LogP contribution < -0.4 is 5.32 Å². The summed E-state index contributed by atoms with van der Waals surface area (Å²) in [5.74, 6) is -0.568. The zero-order chi connectivity index (χ0) is 27.0. The highest BCUT2D eigenvalue weighted by molar-refractivity contribution is 7.61. The molecule has 0 aromatic carbocycles. The summed E-state index contributed by atoms with van der Waals surface area (Å²) in [6, 6.07) is -0.910. The smallest absolute Gasteiger partial charge is 0.394 e. The van der Waals surface area contributed by atoms with Gasteiger partial charge in [-0.3, -0.25) is 24.1 Å². The third kappa shape index (κ3) is 6.65. The van der Waals surface area contributed by atoms with Gasteiger partial charge in [0.25, 0.3) is 0 Å². The van der Waals surface area contributed by atoms with Crippen molar-refractivity contribution >= 4 is 27.6 Å². The van der Waals surface area contributed by atoms with Crippen LogP contribution in [0.2, 0.25) is 0 Å². The summed E-state index contributed by atoms with van der Waals surface area (Å²) in [5, 5.41) is 60.6. The quantitative estimate of drug-likeness (QED) is 0.118. The molecular weight excluding hydrogens is 542 g/mol. The first-order valence-corrected chi connectivity index (χ1v) is 13.3. The molecule has 3 heterocycles. The lowest BCUT2D eigenvalue weighted by atomic mass is 10.00. The molecule has 3 fully saturated rings. The number of aliphatic hydroxyl groups excluding tert-OH is 6. The molecule has 0 radical (unpaired) electrons. The van der Waals surface area contributed by atoms with E-state index in [1.54, 1.807) is 0 Å². The van der Waals surface area contributed by atoms with Gasteiger partial charge in [-0.2, -0.15) is 4.31 Å². The fraction of sp³-hybridized carbons (Fsp3) is 0.867. The Balaban J connectivity index is 1.57. The number of aliphatic hydroxyl groups is 6. The lowest BCUT2D eigenvalue weighted by Gasteiger charge is -2.39. The van der Waals surface area contributed by atoms with Gasteiger partial charge in [0.1, 0.15) is 42.7 Å². The van der Waals surface area contributed by atoms with Gasteiger partial charge in [-0.05, 0) is 0 Å². The van der Waals surface area contributed by atoms with Gasteiger partial charge in [0, 0.05) is 13.0 Å². The van der Waals surface area contributed by atoms with E-state index in [0.29, 0.717) is 0 Å². The number of phosphoric ester groups is 2. The molecule has 208 valence electrons. The van der Waals surface area contributed by atoms with Crippen molar-refractivity contribution in [3.05, 3.63) is 0 Å². The van der Waals surface area contributed by atoms with Crippen LogP contribution >= 0.6 is 15.6 Å². The fourth-order valence-corrected chi connectivity index (χ4v) is 5.73. The Morgan fingerprint density at radius 1 is 0.917 bits per heavy atom. The van der Waals surface area contributed by atoms with Crippen molar-refractivity contribution in [2.24, 2.45) is 0 Å². The largest absolute Gasteiger partial charge is 0.483 e. The fourth-order valence-electron chi connectivity index (χ4n) is 3.57. The van der Waals surface area contributed by atoms with Gasteiger partial charge in [-0.1, -0.05) is 0 Å². The maximum atomic E-state index is 12.2. The molecule has 3 aliphatic heterocycles. The van der Waals surface area contributed by atoms with E-state index >= 15 is 0 Å². The third-order valence-electron chi connectivity index (χ3n) is 5.43. The highest BCUT2D eigenvalue weighted by Gasteiger charge is 2.50. The summed E-state index contributed by atoms with van der Waals surface area (Å²) in [4.78, 5) is 43.7. The molecule has 36 heavy (non-hydrogen) atoms. The summed E-state index contributed by atoms with van der Waals surface area (Å²) in [6.45, 7) is -2.05. The molecule has 0 saturated carbocycles. The van der Waals surface area contributed by atoms with Gasteiger partial charge in [0.2, 0.25) is 5.91 Å². The standard InChI is InChI=1S/C15H26N2O17P2/c18-3-5-8(20)10(22)12(24)14(32-5)33-36(28,29)34-35(26,27)30-4-6-9(21)11(23)13(31-6)17-2-1-7(19)16-15(17)25/h5-6,8-14,18,20-24H,1-4H2,(H,26,27)(H,28,29)(H,16,19,25). The average molecular weight is 568 g/mol. The van der Waals surface area contributed by atoms with Crippen LogP contribution in [0.1, 0.15) is 6.42 Å². The Hall–Kier alpha value is -1.12. The number of rotatable bonds is 9. The van der Waals surface area contributed by atoms with E-state index in [2.05, 4.69) is 13.4 Å². The van der Waals surface area contributed by atoms with Crippen LogP contribution in [0.15, 0.2) is 0 Å². The molecule has 3 rings (SSSR count). The van der Waals surface area contributed by atoms with Crippen LogP contribution in [-0.4, -0.2) is 132 Å². The van der Waals surface area contributed by atoms with E-state index in [-0.39, 0.29) is 13.0 Å². The highest BCUT2D eigenvalue weighted by atomic mass is 31.3. The number of hydrogen-bond acceptors (Lipinski definition) is 15. The lowest BCUT2D eigenvalue weighted by molar-refractivity contribution is -0.280. The van der Waals surface area contributed by atoms with Crippen molar-refractivity contribution in [1.82, 2.24) is 10.2 Å². The first kappa shape index (κ1) is 29.4. The van der Waals surface area contributed by atoms with Crippen LogP contribution in [0, 0.1) is 0 Å². The molecule has 11 unspecified atom stereocenters. The predicted molar refractivity (Wildman–Crippen MR) is 107 cm³/mol. The Bertz CT molecular complexity index is 920. The number of imide groups is 1. The third-order valence-corrected chi connectivity index (χ3v) is 8.03. The molecule has 11 atom stereocenters. The maximum Gasteiger partial charge on any atom is 0.483 e. The average Bonchev–Trinajstić information content (AvgIpc) is 3.06. The summed E-state index contributed by atoms with van der Waals surface area (Å²) in [6.07, 6.45) is -16.2. The van der Waals surface area contributed by atoms with Crippen LogP contribution in [0.25, 0.3) is 0 Å². The summed E-state index contributed by atoms with van der Waals surface area (Å²) >= 11 is 0. The van der Waals surface area contributed by atoms with E-state index in [1.165, 1.54) is 0 Å². The molecule has 3 amide bonds. The second-order valence-electron chi connectivity index (χ2n) is 7.96. The molecule has 19 nitrogen and oxygen atoms in total. The van der Waals surface area contributed by atoms with E-state index < -0.39 is 96.0 Å². The van der Waals surface area contributed by atoms with Crippen molar-refractivity contribution in [1.29, 1.82) is 0 Å². The van der Waals surface area contributed by atoms with Crippen LogP contribution in [0.5, 0.6) is 0 Å². The van der Waals surface area contributed by atoms with Gasteiger partial charge in [-0.25, -0.2) is 13.9 Å². The Morgan fingerprint density at radius 2 is 1.56 bits per heavy atom. The first-order valence-electron chi connectivity index (χ1n) is 10.3. The van der Waals surface area contributed by atoms with Crippen LogP contribution in [0.4, 0.5) is 4.79 Å². The molecule has 9 N–H and O–H groups in total. The number of hydrogen-bond donors (Lipinski definition) is 9. The minimum Gasteiger partial charge on any atom is -0.394 e. The Labute approximate surface area is 201 Å². The van der Waals surface area contributed by atoms with Gasteiger partial charge in [0.05, 0.1) is 13.2 Å². The van der Waals surface area contributed by atoms with Crippen molar-refractivity contribution in [3.63, 3.8) is 0 Å². The molecular formula is C15H26N2O17P2. The topological polar surface area (TPSA) is 292 Å². The number of nitrogens with zero attached hydrogens (tertiary/aromatic N) is 1. The zero-order valence-corrected chi connectivity index (χ0v) is 19.9. The van der Waals surface area contributed by atoms with Gasteiger partial charge < -0.3 is 49.9 Å². The predicted octanol–water partition coefficient (Wildman–Crippen LogP) is -4.57. The molecule has 0 aromatic rings. The molecule has 0 bridgehead atoms. The second-order valence-corrected chi connectivity index (χ2v) is 11.0. The highest BCUT2D eigenvalue weighted by Crippen LogP contribution is 2.61. The minimum absolute atomic E-state index is 0.116. The van der Waals surface area contributed by atoms with Crippen LogP contribution in [0.3, 0.4) is 0 Å². The number of carbonyl (C=O) groups is 2. The van der Waals surface area contributed by atoms with E-state index in [1.807, 2.05) is 5.32 Å². The SMILES string of the molecule is O=C1CCN(C2OC(COP(=O)(O)OP(=O)(O)OC3OC(CO)C(O)C(O)C3O)C(O)C2O)C(=O)N1. The van der Waals surface area contributed by atoms with Crippen LogP contribution in [-0.2, 0) is 36.8 Å². The summed E-state index contributed by atoms with van der Waals surface area (Å²) in [5.41, 5.74) is 0. The first-order chi connectivity index (χ1) is 16.7. The maximum absolute atomic E-state index is 12.2. The second kappa shape index (κ2) is 11.3. The van der Waals surface area contributed by atoms with Gasteiger partial charge >= 0.3 is 21.7 Å². The monoisotopic (exact) mass is 568 g/mol. The normalized spacial score (nSPS) is 41.0. The summed E-state index contributed by atoms with van der Waals surface area (Å²) in [7, 11) is -11.1. The van der Waals surface area contributed by atoms with Crippen molar-refractivity contribution in [3.8, 4) is 0 Å². The van der Waals surface area contributed by atoms with E-state index in [4.69, 9.17) is 14.6 Å². The number of nitrogens with one attached hydrogen (secondary N) is 1. The van der Waals surface area contributed by atoms with Crippen molar-refractivity contribution < 1.29 is 82.0 Å². The van der Waals surface area contributed by atoms with Crippen molar-refractivity contribution in [2.75, 3.05) is 19.8 Å². The number of amides is 3. The molecule has 0 aromatic heterocycles. The Morgan fingerprint density at radius 3 is 2.17 bits per heavy atom. The van der Waals surface area contributed by atoms with Gasteiger partial charge in [-0.15, -0.1) is 0 Å². The molecule has 3 aliphatic rings. The van der Waals surface area contributed by atoms with Gasteiger partial charge in [0.15, 0.2) is 12.5 Å². The molecule has 0 aliphatic carbocycles.